The molecule has 1 heterocycles. The van der Waals surface area contributed by atoms with E-state index in [1.54, 1.807) is 12.1 Å². The zero-order chi connectivity index (χ0) is 17.6. The van der Waals surface area contributed by atoms with Crippen LogP contribution in [0.15, 0.2) is 24.3 Å². The van der Waals surface area contributed by atoms with Gasteiger partial charge in [-0.25, -0.2) is 9.37 Å². The SMILES string of the molecule is Cc1nc(-c2ccc(F)cc2)sc1C(=O)NC(C)C1CC2CCC1C2. The number of carbonyl (C=O) groups is 1. The second-order valence-corrected chi connectivity index (χ2v) is 8.54. The van der Waals surface area contributed by atoms with Crippen LogP contribution in [0.25, 0.3) is 10.6 Å². The van der Waals surface area contributed by atoms with Crippen LogP contribution < -0.4 is 5.32 Å². The summed E-state index contributed by atoms with van der Waals surface area (Å²) in [7, 11) is 0. The molecule has 3 nitrogen and oxygen atoms in total. The minimum Gasteiger partial charge on any atom is -0.349 e. The Morgan fingerprint density at radius 2 is 2.04 bits per heavy atom. The van der Waals surface area contributed by atoms with E-state index in [2.05, 4.69) is 17.2 Å². The molecule has 2 saturated carbocycles. The van der Waals surface area contributed by atoms with Gasteiger partial charge in [-0.15, -0.1) is 11.3 Å². The molecule has 4 atom stereocenters. The molecule has 2 aliphatic carbocycles. The lowest BCUT2D eigenvalue weighted by Crippen LogP contribution is -2.40. The summed E-state index contributed by atoms with van der Waals surface area (Å²) >= 11 is 1.38. The third-order valence-electron chi connectivity index (χ3n) is 5.89. The molecule has 132 valence electrons. The number of benzene rings is 1. The first-order valence-corrected chi connectivity index (χ1v) is 9.87. The van der Waals surface area contributed by atoms with Crippen molar-refractivity contribution in [1.29, 1.82) is 0 Å². The zero-order valence-corrected chi connectivity index (χ0v) is 15.4. The fourth-order valence-electron chi connectivity index (χ4n) is 4.61. The van der Waals surface area contributed by atoms with Crippen LogP contribution in [0.1, 0.15) is 48.0 Å². The first-order chi connectivity index (χ1) is 12.0. The molecule has 0 aliphatic heterocycles. The van der Waals surface area contributed by atoms with Crippen molar-refractivity contribution >= 4 is 17.2 Å². The second kappa shape index (κ2) is 6.52. The summed E-state index contributed by atoms with van der Waals surface area (Å²) in [5, 5.41) is 3.97. The van der Waals surface area contributed by atoms with Gasteiger partial charge in [0.05, 0.1) is 5.69 Å². The Bertz CT molecular complexity index is 785. The average molecular weight is 358 g/mol. The molecule has 2 aromatic rings. The molecule has 25 heavy (non-hydrogen) atoms. The molecular weight excluding hydrogens is 335 g/mol. The summed E-state index contributed by atoms with van der Waals surface area (Å²) in [5.41, 5.74) is 1.58. The van der Waals surface area contributed by atoms with Crippen molar-refractivity contribution in [3.8, 4) is 10.6 Å². The first kappa shape index (κ1) is 16.7. The maximum atomic E-state index is 13.1. The molecule has 4 rings (SSSR count). The highest BCUT2D eigenvalue weighted by Crippen LogP contribution is 2.49. The largest absolute Gasteiger partial charge is 0.349 e. The van der Waals surface area contributed by atoms with Gasteiger partial charge >= 0.3 is 0 Å². The maximum Gasteiger partial charge on any atom is 0.263 e. The molecule has 1 amide bonds. The van der Waals surface area contributed by atoms with E-state index in [0.717, 1.165) is 28.1 Å². The molecule has 1 aromatic carbocycles. The van der Waals surface area contributed by atoms with Crippen molar-refractivity contribution in [1.82, 2.24) is 10.3 Å². The Morgan fingerprint density at radius 1 is 1.28 bits per heavy atom. The standard InChI is InChI=1S/C20H23FN2OS/c1-11(17-10-13-3-4-15(17)9-13)22-19(24)18-12(2)23-20(25-18)14-5-7-16(21)8-6-14/h5-8,11,13,15,17H,3-4,9-10H2,1-2H3,(H,22,24). The van der Waals surface area contributed by atoms with Crippen LogP contribution >= 0.6 is 11.3 Å². The zero-order valence-electron chi connectivity index (χ0n) is 14.6. The molecule has 2 fully saturated rings. The van der Waals surface area contributed by atoms with Crippen LogP contribution in [-0.2, 0) is 0 Å². The monoisotopic (exact) mass is 358 g/mol. The van der Waals surface area contributed by atoms with Crippen LogP contribution in [0.5, 0.6) is 0 Å². The summed E-state index contributed by atoms with van der Waals surface area (Å²) in [6, 6.07) is 6.45. The number of fused-ring (bicyclic) bond motifs is 2. The molecule has 2 aliphatic rings. The van der Waals surface area contributed by atoms with E-state index in [1.807, 2.05) is 6.92 Å². The smallest absolute Gasteiger partial charge is 0.263 e. The number of amides is 1. The van der Waals surface area contributed by atoms with E-state index in [-0.39, 0.29) is 17.8 Å². The fourth-order valence-corrected chi connectivity index (χ4v) is 5.58. The number of nitrogens with zero attached hydrogens (tertiary/aromatic N) is 1. The highest BCUT2D eigenvalue weighted by molar-refractivity contribution is 7.17. The number of rotatable bonds is 4. The number of hydrogen-bond acceptors (Lipinski definition) is 3. The molecule has 0 radical (unpaired) electrons. The van der Waals surface area contributed by atoms with Crippen LogP contribution in [0.3, 0.4) is 0 Å². The molecule has 0 spiro atoms. The summed E-state index contributed by atoms with van der Waals surface area (Å²) < 4.78 is 13.1. The summed E-state index contributed by atoms with van der Waals surface area (Å²) in [6.45, 7) is 4.00. The molecular formula is C20H23FN2OS. The predicted octanol–water partition coefficient (Wildman–Crippen LogP) is 4.81. The van der Waals surface area contributed by atoms with Crippen molar-refractivity contribution < 1.29 is 9.18 Å². The van der Waals surface area contributed by atoms with E-state index in [9.17, 15) is 9.18 Å². The van der Waals surface area contributed by atoms with Crippen molar-refractivity contribution in [2.24, 2.45) is 17.8 Å². The van der Waals surface area contributed by atoms with Gasteiger partial charge in [0, 0.05) is 11.6 Å². The van der Waals surface area contributed by atoms with Gasteiger partial charge in [0.25, 0.3) is 5.91 Å². The molecule has 1 N–H and O–H groups in total. The van der Waals surface area contributed by atoms with Crippen LogP contribution in [0, 0.1) is 30.5 Å². The highest BCUT2D eigenvalue weighted by atomic mass is 32.1. The minimum absolute atomic E-state index is 0.0290. The summed E-state index contributed by atoms with van der Waals surface area (Å²) in [6.07, 6.45) is 5.30. The van der Waals surface area contributed by atoms with Gasteiger partial charge in [0.2, 0.25) is 0 Å². The lowest BCUT2D eigenvalue weighted by Gasteiger charge is -2.28. The Balaban J connectivity index is 1.47. The van der Waals surface area contributed by atoms with Crippen LogP contribution in [0.4, 0.5) is 4.39 Å². The quantitative estimate of drug-likeness (QED) is 0.852. The van der Waals surface area contributed by atoms with E-state index in [1.165, 1.54) is 49.2 Å². The number of halogens is 1. The van der Waals surface area contributed by atoms with E-state index in [0.29, 0.717) is 10.8 Å². The number of hydrogen-bond donors (Lipinski definition) is 1. The number of nitrogens with one attached hydrogen (secondary N) is 1. The van der Waals surface area contributed by atoms with Gasteiger partial charge in [-0.3, -0.25) is 4.79 Å². The predicted molar refractivity (Wildman–Crippen MR) is 98.1 cm³/mol. The van der Waals surface area contributed by atoms with Gasteiger partial charge in [-0.2, -0.15) is 0 Å². The van der Waals surface area contributed by atoms with Gasteiger partial charge in [0.15, 0.2) is 0 Å². The van der Waals surface area contributed by atoms with E-state index in [4.69, 9.17) is 0 Å². The Morgan fingerprint density at radius 3 is 2.68 bits per heavy atom. The Kier molecular flexibility index (Phi) is 4.36. The van der Waals surface area contributed by atoms with Crippen molar-refractivity contribution in [3.05, 3.63) is 40.7 Å². The molecule has 2 bridgehead atoms. The molecule has 4 unspecified atom stereocenters. The molecule has 1 aromatic heterocycles. The summed E-state index contributed by atoms with van der Waals surface area (Å²) in [5.74, 6) is 1.99. The third kappa shape index (κ3) is 3.22. The lowest BCUT2D eigenvalue weighted by molar-refractivity contribution is 0.0918. The average Bonchev–Trinajstić information content (AvgIpc) is 3.30. The van der Waals surface area contributed by atoms with E-state index < -0.39 is 0 Å². The Labute approximate surface area is 151 Å². The topological polar surface area (TPSA) is 42.0 Å². The maximum absolute atomic E-state index is 13.1. The highest BCUT2D eigenvalue weighted by Gasteiger charge is 2.42. The molecule has 0 saturated heterocycles. The Hall–Kier alpha value is -1.75. The normalized spacial score (nSPS) is 26.0. The minimum atomic E-state index is -0.269. The summed E-state index contributed by atoms with van der Waals surface area (Å²) in [4.78, 5) is 17.9. The number of thiazole rings is 1. The van der Waals surface area contributed by atoms with Crippen molar-refractivity contribution in [2.45, 2.75) is 45.6 Å². The van der Waals surface area contributed by atoms with Crippen molar-refractivity contribution in [2.75, 3.05) is 0 Å². The van der Waals surface area contributed by atoms with Gasteiger partial charge in [-0.1, -0.05) is 6.42 Å². The lowest BCUT2D eigenvalue weighted by atomic mass is 9.84. The first-order valence-electron chi connectivity index (χ1n) is 9.05. The van der Waals surface area contributed by atoms with E-state index >= 15 is 0 Å². The van der Waals surface area contributed by atoms with Crippen LogP contribution in [-0.4, -0.2) is 16.9 Å². The second-order valence-electron chi connectivity index (χ2n) is 7.54. The van der Waals surface area contributed by atoms with Gasteiger partial charge in [-0.05, 0) is 75.1 Å². The van der Waals surface area contributed by atoms with Crippen LogP contribution in [0.2, 0.25) is 0 Å². The van der Waals surface area contributed by atoms with Gasteiger partial charge in [0.1, 0.15) is 15.7 Å². The number of aromatic nitrogens is 1. The van der Waals surface area contributed by atoms with Crippen molar-refractivity contribution in [3.63, 3.8) is 0 Å². The molecule has 5 heteroatoms. The number of carbonyl (C=O) groups excluding carboxylic acids is 1. The fraction of sp³-hybridized carbons (Fsp3) is 0.500. The third-order valence-corrected chi connectivity index (χ3v) is 7.09. The number of aryl methyl sites for hydroxylation is 1. The van der Waals surface area contributed by atoms with Gasteiger partial charge < -0.3 is 5.32 Å².